The van der Waals surface area contributed by atoms with Gasteiger partial charge in [-0.05, 0) is 48.7 Å². The maximum atomic E-state index is 9.87. The second kappa shape index (κ2) is 7.57. The van der Waals surface area contributed by atoms with Crippen molar-refractivity contribution in [2.45, 2.75) is 39.8 Å². The molecule has 2 aromatic heterocycles. The van der Waals surface area contributed by atoms with E-state index in [9.17, 15) is 5.11 Å². The highest BCUT2D eigenvalue weighted by Crippen LogP contribution is 2.33. The van der Waals surface area contributed by atoms with Crippen molar-refractivity contribution in [3.05, 3.63) is 42.7 Å². The van der Waals surface area contributed by atoms with Crippen molar-refractivity contribution in [2.24, 2.45) is 5.92 Å². The number of nitrogen functional groups attached to an aromatic ring is 1. The van der Waals surface area contributed by atoms with E-state index >= 15 is 0 Å². The van der Waals surface area contributed by atoms with Crippen LogP contribution in [0.1, 0.15) is 27.7 Å². The standard InChI is InChI=1S/C23H27N5O2/c1-14(2)11-28-22-19(21(24)25-13-26-22)20(27-28)17-6-5-16-10-18(8-7-15(16)9-17)30-12-23(3,4)29/h5-10,13-14,29H,11-12H2,1-4H3,(H2,24,25,26). The molecule has 0 saturated heterocycles. The molecule has 0 amide bonds. The van der Waals surface area contributed by atoms with Crippen LogP contribution in [0, 0.1) is 5.92 Å². The fraction of sp³-hybridized carbons (Fsp3) is 0.348. The minimum atomic E-state index is -0.878. The normalized spacial score (nSPS) is 12.2. The molecule has 3 N–H and O–H groups in total. The van der Waals surface area contributed by atoms with Crippen molar-refractivity contribution in [3.8, 4) is 17.0 Å². The molecule has 0 spiro atoms. The second-order valence-electron chi connectivity index (χ2n) is 8.71. The maximum Gasteiger partial charge on any atom is 0.163 e. The van der Waals surface area contributed by atoms with Gasteiger partial charge in [-0.15, -0.1) is 0 Å². The van der Waals surface area contributed by atoms with Crippen LogP contribution >= 0.6 is 0 Å². The van der Waals surface area contributed by atoms with Crippen LogP contribution in [0.15, 0.2) is 42.7 Å². The zero-order valence-electron chi connectivity index (χ0n) is 17.8. The number of aliphatic hydroxyl groups is 1. The first-order valence-electron chi connectivity index (χ1n) is 10.1. The molecule has 0 aliphatic carbocycles. The summed E-state index contributed by atoms with van der Waals surface area (Å²) in [7, 11) is 0. The molecule has 0 unspecified atom stereocenters. The minimum Gasteiger partial charge on any atom is -0.491 e. The second-order valence-corrected chi connectivity index (χ2v) is 8.71. The molecule has 30 heavy (non-hydrogen) atoms. The Bertz CT molecular complexity index is 1210. The zero-order valence-corrected chi connectivity index (χ0v) is 17.8. The highest BCUT2D eigenvalue weighted by molar-refractivity contribution is 6.00. The van der Waals surface area contributed by atoms with Crippen LogP contribution in [0.3, 0.4) is 0 Å². The number of nitrogens with zero attached hydrogens (tertiary/aromatic N) is 4. The molecule has 0 aliphatic rings. The molecule has 0 saturated carbocycles. The van der Waals surface area contributed by atoms with E-state index in [1.807, 2.05) is 35.0 Å². The van der Waals surface area contributed by atoms with Gasteiger partial charge < -0.3 is 15.6 Å². The van der Waals surface area contributed by atoms with Crippen molar-refractivity contribution in [3.63, 3.8) is 0 Å². The van der Waals surface area contributed by atoms with E-state index in [2.05, 4.69) is 29.9 Å². The Hall–Kier alpha value is -3.19. The Kier molecular flexibility index (Phi) is 5.07. The number of ether oxygens (including phenoxy) is 1. The lowest BCUT2D eigenvalue weighted by Gasteiger charge is -2.18. The molecular weight excluding hydrogens is 378 g/mol. The fourth-order valence-corrected chi connectivity index (χ4v) is 3.43. The number of hydrogen-bond donors (Lipinski definition) is 2. The van der Waals surface area contributed by atoms with Gasteiger partial charge >= 0.3 is 0 Å². The Morgan fingerprint density at radius 1 is 1.10 bits per heavy atom. The molecular formula is C23H27N5O2. The quantitative estimate of drug-likeness (QED) is 0.502. The average Bonchev–Trinajstić information content (AvgIpc) is 3.04. The van der Waals surface area contributed by atoms with E-state index in [1.165, 1.54) is 6.33 Å². The van der Waals surface area contributed by atoms with Gasteiger partial charge in [0.25, 0.3) is 0 Å². The molecule has 0 fully saturated rings. The molecule has 2 heterocycles. The number of hydrogen-bond acceptors (Lipinski definition) is 6. The van der Waals surface area contributed by atoms with Crippen LogP contribution in [-0.4, -0.2) is 37.1 Å². The molecule has 0 atom stereocenters. The number of rotatable bonds is 6. The summed E-state index contributed by atoms with van der Waals surface area (Å²) in [5.74, 6) is 1.58. The van der Waals surface area contributed by atoms with Crippen LogP contribution in [0.5, 0.6) is 5.75 Å². The van der Waals surface area contributed by atoms with Crippen LogP contribution in [0.25, 0.3) is 33.1 Å². The Morgan fingerprint density at radius 2 is 1.83 bits per heavy atom. The molecule has 7 heteroatoms. The molecule has 4 aromatic rings. The number of nitrogens with two attached hydrogens (primary N) is 1. The van der Waals surface area contributed by atoms with Gasteiger partial charge in [-0.2, -0.15) is 5.10 Å². The molecule has 0 bridgehead atoms. The summed E-state index contributed by atoms with van der Waals surface area (Å²) < 4.78 is 7.62. The predicted molar refractivity (Wildman–Crippen MR) is 119 cm³/mol. The monoisotopic (exact) mass is 405 g/mol. The summed E-state index contributed by atoms with van der Waals surface area (Å²) in [4.78, 5) is 8.60. The maximum absolute atomic E-state index is 9.87. The largest absolute Gasteiger partial charge is 0.491 e. The van der Waals surface area contributed by atoms with Gasteiger partial charge in [0.05, 0.1) is 11.0 Å². The van der Waals surface area contributed by atoms with Gasteiger partial charge in [-0.25, -0.2) is 14.6 Å². The van der Waals surface area contributed by atoms with E-state index in [1.54, 1.807) is 13.8 Å². The van der Waals surface area contributed by atoms with Crippen molar-refractivity contribution in [1.29, 1.82) is 0 Å². The Balaban J connectivity index is 1.75. The van der Waals surface area contributed by atoms with Crippen LogP contribution in [0.2, 0.25) is 0 Å². The lowest BCUT2D eigenvalue weighted by molar-refractivity contribution is 0.0285. The average molecular weight is 406 g/mol. The summed E-state index contributed by atoms with van der Waals surface area (Å²) in [6, 6.07) is 12.0. The molecule has 4 rings (SSSR count). The van der Waals surface area contributed by atoms with E-state index in [4.69, 9.17) is 15.6 Å². The van der Waals surface area contributed by atoms with Gasteiger partial charge in [0.15, 0.2) is 5.65 Å². The number of aromatic nitrogens is 4. The first-order valence-corrected chi connectivity index (χ1v) is 10.1. The van der Waals surface area contributed by atoms with Crippen LogP contribution in [0.4, 0.5) is 5.82 Å². The van der Waals surface area contributed by atoms with Crippen molar-refractivity contribution < 1.29 is 9.84 Å². The van der Waals surface area contributed by atoms with Crippen molar-refractivity contribution in [1.82, 2.24) is 19.7 Å². The number of fused-ring (bicyclic) bond motifs is 2. The van der Waals surface area contributed by atoms with Gasteiger partial charge in [-0.1, -0.05) is 32.0 Å². The molecule has 7 nitrogen and oxygen atoms in total. The number of anilines is 1. The summed E-state index contributed by atoms with van der Waals surface area (Å²) in [5, 5.41) is 17.6. The van der Waals surface area contributed by atoms with E-state index in [-0.39, 0.29) is 6.61 Å². The zero-order chi connectivity index (χ0) is 21.5. The molecule has 0 radical (unpaired) electrons. The van der Waals surface area contributed by atoms with Gasteiger partial charge in [0.2, 0.25) is 0 Å². The third-order valence-electron chi connectivity index (χ3n) is 4.77. The SMILES string of the molecule is CC(C)Cn1nc(-c2ccc3cc(OCC(C)(C)O)ccc3c2)c2c(N)ncnc21. The first-order chi connectivity index (χ1) is 14.2. The molecule has 2 aromatic carbocycles. The lowest BCUT2D eigenvalue weighted by Crippen LogP contribution is -2.27. The van der Waals surface area contributed by atoms with Gasteiger partial charge in [0.1, 0.15) is 30.2 Å². The van der Waals surface area contributed by atoms with Crippen molar-refractivity contribution >= 4 is 27.6 Å². The summed E-state index contributed by atoms with van der Waals surface area (Å²) in [5.41, 5.74) is 7.82. The van der Waals surface area contributed by atoms with E-state index in [0.29, 0.717) is 11.7 Å². The highest BCUT2D eigenvalue weighted by Gasteiger charge is 2.18. The third kappa shape index (κ3) is 4.07. The van der Waals surface area contributed by atoms with Crippen LogP contribution in [-0.2, 0) is 6.54 Å². The van der Waals surface area contributed by atoms with Crippen molar-refractivity contribution in [2.75, 3.05) is 12.3 Å². The minimum absolute atomic E-state index is 0.231. The summed E-state index contributed by atoms with van der Waals surface area (Å²) in [6.07, 6.45) is 1.48. The summed E-state index contributed by atoms with van der Waals surface area (Å²) >= 11 is 0. The Labute approximate surface area is 175 Å². The van der Waals surface area contributed by atoms with Crippen LogP contribution < -0.4 is 10.5 Å². The third-order valence-corrected chi connectivity index (χ3v) is 4.77. The van der Waals surface area contributed by atoms with E-state index in [0.717, 1.165) is 45.4 Å². The summed E-state index contributed by atoms with van der Waals surface area (Å²) in [6.45, 7) is 8.71. The predicted octanol–water partition coefficient (Wildman–Crippen LogP) is 4.03. The molecule has 0 aliphatic heterocycles. The topological polar surface area (TPSA) is 99.1 Å². The van der Waals surface area contributed by atoms with Gasteiger partial charge in [-0.3, -0.25) is 0 Å². The molecule has 156 valence electrons. The Morgan fingerprint density at radius 3 is 2.57 bits per heavy atom. The first kappa shape index (κ1) is 20.1. The fourth-order valence-electron chi connectivity index (χ4n) is 3.43. The smallest absolute Gasteiger partial charge is 0.163 e. The highest BCUT2D eigenvalue weighted by atomic mass is 16.5. The van der Waals surface area contributed by atoms with E-state index < -0.39 is 5.60 Å². The lowest BCUT2D eigenvalue weighted by atomic mass is 10.0. The van der Waals surface area contributed by atoms with Gasteiger partial charge in [0, 0.05) is 12.1 Å². The number of benzene rings is 2.